The minimum absolute atomic E-state index is 0.0326. The van der Waals surface area contributed by atoms with Crippen molar-refractivity contribution in [2.24, 2.45) is 0 Å². The minimum Gasteiger partial charge on any atom is -0.466 e. The van der Waals surface area contributed by atoms with E-state index in [2.05, 4.69) is 31.3 Å². The number of hydrogen-bond acceptors (Lipinski definition) is 5. The Hall–Kier alpha value is -1.66. The van der Waals surface area contributed by atoms with Crippen LogP contribution in [-0.2, 0) is 14.3 Å². The van der Waals surface area contributed by atoms with Gasteiger partial charge in [0.05, 0.1) is 25.4 Å². The van der Waals surface area contributed by atoms with Gasteiger partial charge in [-0.2, -0.15) is 0 Å². The molecule has 0 saturated carbocycles. The fraction of sp³-hybridized carbons (Fsp3) is 0.905. The SMILES string of the molecule is CCCCCCCCCCCCCCCCCCCCCCCCC/C=C/C(O)C(CO)NC(=O)CCC/C=C\CCCCCCOC(=O)CCCCCCCCCCCCCCCCCCCC. The molecule has 0 rings (SSSR count). The predicted octanol–water partition coefficient (Wildman–Crippen LogP) is 19.4. The summed E-state index contributed by atoms with van der Waals surface area (Å²) in [5.41, 5.74) is 0. The number of aliphatic hydroxyl groups is 2. The first-order chi connectivity index (χ1) is 34.0. The number of aliphatic hydroxyl groups excluding tert-OH is 2. The summed E-state index contributed by atoms with van der Waals surface area (Å²) in [5.74, 6) is -0.157. The van der Waals surface area contributed by atoms with Crippen LogP contribution in [0, 0.1) is 0 Å². The summed E-state index contributed by atoms with van der Waals surface area (Å²) < 4.78 is 5.46. The highest BCUT2D eigenvalue weighted by molar-refractivity contribution is 5.76. The molecule has 2 unspecified atom stereocenters. The molecule has 6 heteroatoms. The summed E-state index contributed by atoms with van der Waals surface area (Å²) in [6.45, 7) is 4.85. The Balaban J connectivity index is 3.52. The van der Waals surface area contributed by atoms with Gasteiger partial charge in [0.15, 0.2) is 0 Å². The highest BCUT2D eigenvalue weighted by atomic mass is 16.5. The highest BCUT2D eigenvalue weighted by Gasteiger charge is 2.18. The van der Waals surface area contributed by atoms with Gasteiger partial charge >= 0.3 is 5.97 Å². The second kappa shape index (κ2) is 58.9. The first kappa shape index (κ1) is 67.3. The standard InChI is InChI=1S/C63H121NO5/c1-3-5-7-9-11-13-15-17-19-21-23-24-25-26-27-28-29-30-32-34-36-39-43-47-51-55-61(66)60(59-65)64-62(67)56-52-48-44-40-38-42-46-50-54-58-69-63(68)57-53-49-45-41-37-35-33-31-22-20-18-16-14-12-10-8-6-4-2/h40,44,51,55,60-61,65-66H,3-39,41-43,45-50,52-54,56-59H2,1-2H3,(H,64,67)/b44-40-,55-51+. The van der Waals surface area contributed by atoms with Crippen molar-refractivity contribution >= 4 is 11.9 Å². The van der Waals surface area contributed by atoms with Gasteiger partial charge in [-0.3, -0.25) is 9.59 Å². The van der Waals surface area contributed by atoms with Gasteiger partial charge in [0.2, 0.25) is 5.91 Å². The second-order valence-electron chi connectivity index (χ2n) is 21.4. The number of carbonyl (C=O) groups is 2. The van der Waals surface area contributed by atoms with Crippen molar-refractivity contribution < 1.29 is 24.5 Å². The molecule has 69 heavy (non-hydrogen) atoms. The maximum absolute atomic E-state index is 12.5. The van der Waals surface area contributed by atoms with Gasteiger partial charge in [0.1, 0.15) is 0 Å². The Morgan fingerprint density at radius 3 is 1.06 bits per heavy atom. The van der Waals surface area contributed by atoms with Crippen LogP contribution in [-0.4, -0.2) is 47.4 Å². The normalized spacial score (nSPS) is 12.7. The van der Waals surface area contributed by atoms with E-state index in [1.54, 1.807) is 6.08 Å². The van der Waals surface area contributed by atoms with Crippen molar-refractivity contribution in [2.45, 2.75) is 353 Å². The molecule has 6 nitrogen and oxygen atoms in total. The molecule has 2 atom stereocenters. The number of hydrogen-bond donors (Lipinski definition) is 3. The summed E-state index contributed by atoms with van der Waals surface area (Å²) in [4.78, 5) is 24.6. The monoisotopic (exact) mass is 972 g/mol. The van der Waals surface area contributed by atoms with E-state index < -0.39 is 12.1 Å². The van der Waals surface area contributed by atoms with Crippen molar-refractivity contribution in [3.63, 3.8) is 0 Å². The molecule has 0 aliphatic rings. The van der Waals surface area contributed by atoms with Gasteiger partial charge in [-0.05, 0) is 51.4 Å². The van der Waals surface area contributed by atoms with E-state index in [0.29, 0.717) is 19.4 Å². The molecule has 0 saturated heterocycles. The Bertz CT molecular complexity index is 1080. The fourth-order valence-electron chi connectivity index (χ4n) is 9.70. The van der Waals surface area contributed by atoms with Crippen LogP contribution in [0.1, 0.15) is 341 Å². The first-order valence-corrected chi connectivity index (χ1v) is 31.1. The number of esters is 1. The van der Waals surface area contributed by atoms with Gasteiger partial charge in [-0.25, -0.2) is 0 Å². The summed E-state index contributed by atoms with van der Waals surface area (Å²) in [5, 5.41) is 23.2. The molecule has 0 bridgehead atoms. The van der Waals surface area contributed by atoms with Crippen molar-refractivity contribution in [1.82, 2.24) is 5.32 Å². The third-order valence-corrected chi connectivity index (χ3v) is 14.5. The lowest BCUT2D eigenvalue weighted by Gasteiger charge is -2.19. The van der Waals surface area contributed by atoms with Gasteiger partial charge in [0.25, 0.3) is 0 Å². The average Bonchev–Trinajstić information content (AvgIpc) is 3.35. The van der Waals surface area contributed by atoms with E-state index >= 15 is 0 Å². The quantitative estimate of drug-likeness (QED) is 0.0321. The molecule has 0 heterocycles. The summed E-state index contributed by atoms with van der Waals surface area (Å²) in [7, 11) is 0. The molecule has 3 N–H and O–H groups in total. The van der Waals surface area contributed by atoms with E-state index in [0.717, 1.165) is 70.6 Å². The number of ether oxygens (including phenoxy) is 1. The molecular formula is C63H121NO5. The van der Waals surface area contributed by atoms with Gasteiger partial charge in [-0.15, -0.1) is 0 Å². The Kier molecular flexibility index (Phi) is 57.5. The summed E-state index contributed by atoms with van der Waals surface area (Å²) in [6.07, 6.45) is 72.3. The molecule has 0 aromatic carbocycles. The molecule has 0 aliphatic heterocycles. The largest absolute Gasteiger partial charge is 0.466 e. The van der Waals surface area contributed by atoms with Gasteiger partial charge in [0, 0.05) is 12.8 Å². The van der Waals surface area contributed by atoms with Gasteiger partial charge < -0.3 is 20.3 Å². The number of rotatable bonds is 58. The molecular weight excluding hydrogens is 851 g/mol. The van der Waals surface area contributed by atoms with Crippen LogP contribution in [0.4, 0.5) is 0 Å². The zero-order chi connectivity index (χ0) is 50.0. The first-order valence-electron chi connectivity index (χ1n) is 31.1. The number of unbranched alkanes of at least 4 members (excludes halogenated alkanes) is 45. The summed E-state index contributed by atoms with van der Waals surface area (Å²) in [6, 6.07) is -0.666. The van der Waals surface area contributed by atoms with E-state index in [4.69, 9.17) is 4.74 Å². The Morgan fingerprint density at radius 1 is 0.391 bits per heavy atom. The molecule has 0 aromatic heterocycles. The lowest BCUT2D eigenvalue weighted by molar-refractivity contribution is -0.143. The smallest absolute Gasteiger partial charge is 0.305 e. The molecule has 0 spiro atoms. The number of carbonyl (C=O) groups excluding carboxylic acids is 2. The van der Waals surface area contributed by atoms with Crippen LogP contribution in [0.2, 0.25) is 0 Å². The number of amides is 1. The molecule has 0 radical (unpaired) electrons. The maximum atomic E-state index is 12.5. The maximum Gasteiger partial charge on any atom is 0.305 e. The average molecular weight is 973 g/mol. The highest BCUT2D eigenvalue weighted by Crippen LogP contribution is 2.18. The van der Waals surface area contributed by atoms with Crippen LogP contribution >= 0.6 is 0 Å². The van der Waals surface area contributed by atoms with Crippen LogP contribution < -0.4 is 5.32 Å². The summed E-state index contributed by atoms with van der Waals surface area (Å²) >= 11 is 0. The van der Waals surface area contributed by atoms with Crippen LogP contribution in [0.15, 0.2) is 24.3 Å². The number of allylic oxidation sites excluding steroid dienone is 3. The van der Waals surface area contributed by atoms with Crippen LogP contribution in [0.3, 0.4) is 0 Å². The van der Waals surface area contributed by atoms with Crippen LogP contribution in [0.25, 0.3) is 0 Å². The molecule has 0 aliphatic carbocycles. The van der Waals surface area contributed by atoms with Crippen molar-refractivity contribution in [3.8, 4) is 0 Å². The lowest BCUT2D eigenvalue weighted by Crippen LogP contribution is -2.45. The zero-order valence-corrected chi connectivity index (χ0v) is 46.6. The molecule has 0 aromatic rings. The molecule has 0 fully saturated rings. The Labute approximate surface area is 431 Å². The molecule has 408 valence electrons. The van der Waals surface area contributed by atoms with Crippen molar-refractivity contribution in [1.29, 1.82) is 0 Å². The second-order valence-corrected chi connectivity index (χ2v) is 21.4. The lowest BCUT2D eigenvalue weighted by atomic mass is 10.0. The topological polar surface area (TPSA) is 95.9 Å². The van der Waals surface area contributed by atoms with E-state index in [9.17, 15) is 19.8 Å². The van der Waals surface area contributed by atoms with E-state index in [-0.39, 0.29) is 18.5 Å². The van der Waals surface area contributed by atoms with Crippen LogP contribution in [0.5, 0.6) is 0 Å². The molecule has 1 amide bonds. The van der Waals surface area contributed by atoms with Crippen molar-refractivity contribution in [2.75, 3.05) is 13.2 Å². The van der Waals surface area contributed by atoms with E-state index in [1.807, 2.05) is 6.08 Å². The third kappa shape index (κ3) is 55.5. The zero-order valence-electron chi connectivity index (χ0n) is 46.6. The fourth-order valence-corrected chi connectivity index (χ4v) is 9.70. The third-order valence-electron chi connectivity index (χ3n) is 14.5. The van der Waals surface area contributed by atoms with Gasteiger partial charge in [-0.1, -0.05) is 301 Å². The Morgan fingerprint density at radius 2 is 0.696 bits per heavy atom. The van der Waals surface area contributed by atoms with E-state index in [1.165, 1.54) is 244 Å². The predicted molar refractivity (Wildman–Crippen MR) is 301 cm³/mol. The minimum atomic E-state index is -0.876. The van der Waals surface area contributed by atoms with Crippen molar-refractivity contribution in [3.05, 3.63) is 24.3 Å². The number of nitrogens with one attached hydrogen (secondary N) is 1.